The Morgan fingerprint density at radius 2 is 2.19 bits per heavy atom. The van der Waals surface area contributed by atoms with Crippen molar-refractivity contribution in [3.05, 3.63) is 34.5 Å². The Labute approximate surface area is 162 Å². The Kier molecular flexibility index (Phi) is 5.46. The van der Waals surface area contributed by atoms with Crippen molar-refractivity contribution in [2.45, 2.75) is 51.6 Å². The van der Waals surface area contributed by atoms with Gasteiger partial charge in [0.15, 0.2) is 0 Å². The van der Waals surface area contributed by atoms with Crippen molar-refractivity contribution in [3.8, 4) is 11.6 Å². The molecule has 0 saturated heterocycles. The molecule has 2 aromatic rings. The lowest BCUT2D eigenvalue weighted by Crippen LogP contribution is -2.31. The van der Waals surface area contributed by atoms with Gasteiger partial charge in [-0.3, -0.25) is 9.59 Å². The number of fused-ring (bicyclic) bond motifs is 1. The van der Waals surface area contributed by atoms with Gasteiger partial charge in [-0.05, 0) is 49.7 Å². The van der Waals surface area contributed by atoms with Gasteiger partial charge in [-0.25, -0.2) is 4.68 Å². The molecule has 1 aromatic carbocycles. The fourth-order valence-corrected chi connectivity index (χ4v) is 4.28. The number of nitrogens with zero attached hydrogens (tertiary/aromatic N) is 2. The van der Waals surface area contributed by atoms with E-state index in [1.54, 1.807) is 0 Å². The minimum atomic E-state index is -0.276. The van der Waals surface area contributed by atoms with Gasteiger partial charge in [-0.2, -0.15) is 5.10 Å². The maximum absolute atomic E-state index is 12.7. The van der Waals surface area contributed by atoms with E-state index in [1.807, 2.05) is 26.8 Å². The van der Waals surface area contributed by atoms with Crippen LogP contribution >= 0.6 is 11.8 Å². The molecule has 0 fully saturated rings. The zero-order valence-electron chi connectivity index (χ0n) is 15.8. The van der Waals surface area contributed by atoms with Crippen molar-refractivity contribution in [1.29, 1.82) is 0 Å². The number of carbonyl (C=O) groups is 2. The number of carbonyl (C=O) groups excluding carboxylic acids is 2. The zero-order valence-corrected chi connectivity index (χ0v) is 16.6. The molecule has 144 valence electrons. The van der Waals surface area contributed by atoms with Gasteiger partial charge in [0.05, 0.1) is 18.8 Å². The Hall–Kier alpha value is -2.48. The molecule has 3 rings (SSSR count). The molecule has 0 saturated carbocycles. The smallest absolute Gasteiger partial charge is 0.231 e. The summed E-state index contributed by atoms with van der Waals surface area (Å²) in [5.41, 5.74) is 2.91. The summed E-state index contributed by atoms with van der Waals surface area (Å²) in [7, 11) is 0. The summed E-state index contributed by atoms with van der Waals surface area (Å²) in [6.07, 6.45) is 2.07. The van der Waals surface area contributed by atoms with Gasteiger partial charge in [0.1, 0.15) is 11.3 Å². The summed E-state index contributed by atoms with van der Waals surface area (Å²) in [6, 6.07) is 1.77. The van der Waals surface area contributed by atoms with Crippen LogP contribution < -0.4 is 10.1 Å². The van der Waals surface area contributed by atoms with Gasteiger partial charge in [0, 0.05) is 30.3 Å². The van der Waals surface area contributed by atoms with E-state index in [2.05, 4.69) is 10.4 Å². The molecule has 1 amide bonds. The van der Waals surface area contributed by atoms with Gasteiger partial charge in [0.25, 0.3) is 0 Å². The quantitative estimate of drug-likeness (QED) is 0.781. The first kappa shape index (κ1) is 19.3. The fourth-order valence-electron chi connectivity index (χ4n) is 3.33. The minimum Gasteiger partial charge on any atom is -0.493 e. The summed E-state index contributed by atoms with van der Waals surface area (Å²) in [5, 5.41) is 16.8. The van der Waals surface area contributed by atoms with E-state index in [0.29, 0.717) is 19.6 Å². The van der Waals surface area contributed by atoms with Gasteiger partial charge in [-0.1, -0.05) is 0 Å². The molecule has 1 atom stereocenters. The number of rotatable bonds is 4. The van der Waals surface area contributed by atoms with Crippen molar-refractivity contribution in [1.82, 2.24) is 15.1 Å². The number of aryl methyl sites for hydroxylation is 2. The number of thioether (sulfide) groups is 1. The van der Waals surface area contributed by atoms with Crippen LogP contribution in [0.4, 0.5) is 0 Å². The van der Waals surface area contributed by atoms with Crippen LogP contribution in [0.5, 0.6) is 11.6 Å². The summed E-state index contributed by atoms with van der Waals surface area (Å²) in [6.45, 7) is 8.20. The van der Waals surface area contributed by atoms with E-state index in [4.69, 9.17) is 4.74 Å². The molecule has 0 bridgehead atoms. The largest absolute Gasteiger partial charge is 0.493 e. The topological polar surface area (TPSA) is 93.5 Å². The molecule has 0 aliphatic carbocycles. The Balaban J connectivity index is 1.97. The van der Waals surface area contributed by atoms with Gasteiger partial charge >= 0.3 is 0 Å². The normalized spacial score (nSPS) is 15.8. The molecule has 2 heterocycles. The molecular weight excluding hydrogens is 366 g/mol. The number of aromatic nitrogens is 2. The second-order valence-corrected chi connectivity index (χ2v) is 7.55. The molecule has 1 aromatic heterocycles. The van der Waals surface area contributed by atoms with Crippen LogP contribution in [-0.4, -0.2) is 32.5 Å². The minimum absolute atomic E-state index is 0.101. The third-order valence-corrected chi connectivity index (χ3v) is 5.69. The third kappa shape index (κ3) is 3.66. The van der Waals surface area contributed by atoms with Crippen LogP contribution in [0, 0.1) is 13.8 Å². The van der Waals surface area contributed by atoms with E-state index in [-0.39, 0.29) is 28.5 Å². The number of nitrogens with one attached hydrogen (secondary N) is 1. The van der Waals surface area contributed by atoms with E-state index in [9.17, 15) is 14.7 Å². The number of ether oxygens (including phenoxy) is 1. The van der Waals surface area contributed by atoms with Crippen molar-refractivity contribution in [2.75, 3.05) is 6.61 Å². The van der Waals surface area contributed by atoms with Crippen LogP contribution in [0.3, 0.4) is 0 Å². The van der Waals surface area contributed by atoms with E-state index in [1.165, 1.54) is 17.8 Å². The molecule has 8 heteroatoms. The summed E-state index contributed by atoms with van der Waals surface area (Å²) < 4.78 is 7.20. The third-order valence-electron chi connectivity index (χ3n) is 4.64. The van der Waals surface area contributed by atoms with Crippen LogP contribution in [0.25, 0.3) is 0 Å². The van der Waals surface area contributed by atoms with Crippen molar-refractivity contribution < 1.29 is 19.4 Å². The van der Waals surface area contributed by atoms with Crippen molar-refractivity contribution in [2.24, 2.45) is 0 Å². The molecule has 1 aliphatic heterocycles. The zero-order chi connectivity index (χ0) is 19.7. The lowest BCUT2D eigenvalue weighted by Gasteiger charge is -2.30. The summed E-state index contributed by atoms with van der Waals surface area (Å²) in [5.74, 6) is 0.550. The van der Waals surface area contributed by atoms with E-state index < -0.39 is 0 Å². The number of benzene rings is 1. The number of amides is 1. The average molecular weight is 389 g/mol. The standard InChI is InChI=1S/C19H23N3O4S/c1-5-22-18(24)13(9-20-22)19(25)27-15-8-10(2)17-16(11(15)3)14(6-7-26-17)21-12(4)23/h8-9,14,24H,5-7H2,1-4H3,(H,21,23). The highest BCUT2D eigenvalue weighted by molar-refractivity contribution is 8.14. The van der Waals surface area contributed by atoms with Crippen molar-refractivity contribution >= 4 is 22.8 Å². The summed E-state index contributed by atoms with van der Waals surface area (Å²) >= 11 is 1.05. The predicted molar refractivity (Wildman–Crippen MR) is 102 cm³/mol. The van der Waals surface area contributed by atoms with E-state index in [0.717, 1.165) is 39.1 Å². The first-order chi connectivity index (χ1) is 12.8. The summed E-state index contributed by atoms with van der Waals surface area (Å²) in [4.78, 5) is 25.1. The molecule has 1 aliphatic rings. The predicted octanol–water partition coefficient (Wildman–Crippen LogP) is 3.12. The Bertz CT molecular complexity index is 907. The maximum atomic E-state index is 12.7. The monoisotopic (exact) mass is 389 g/mol. The molecular formula is C19H23N3O4S. The number of aromatic hydroxyl groups is 1. The molecule has 2 N–H and O–H groups in total. The first-order valence-corrected chi connectivity index (χ1v) is 9.66. The van der Waals surface area contributed by atoms with E-state index >= 15 is 0 Å². The van der Waals surface area contributed by atoms with Gasteiger partial charge < -0.3 is 15.2 Å². The lowest BCUT2D eigenvalue weighted by atomic mass is 9.93. The molecule has 27 heavy (non-hydrogen) atoms. The first-order valence-electron chi connectivity index (χ1n) is 8.84. The Morgan fingerprint density at radius 1 is 1.44 bits per heavy atom. The SMILES string of the molecule is CCn1ncc(C(=O)Sc2cc(C)c3c(c2C)C(NC(C)=O)CCO3)c1O. The maximum Gasteiger partial charge on any atom is 0.231 e. The van der Waals surface area contributed by atoms with Crippen LogP contribution in [-0.2, 0) is 11.3 Å². The van der Waals surface area contributed by atoms with Crippen LogP contribution in [0.1, 0.15) is 53.4 Å². The molecule has 7 nitrogen and oxygen atoms in total. The average Bonchev–Trinajstić information content (AvgIpc) is 2.99. The molecule has 0 spiro atoms. The van der Waals surface area contributed by atoms with Gasteiger partial charge in [-0.15, -0.1) is 0 Å². The number of hydrogen-bond acceptors (Lipinski definition) is 6. The van der Waals surface area contributed by atoms with Crippen LogP contribution in [0.2, 0.25) is 0 Å². The fraction of sp³-hybridized carbons (Fsp3) is 0.421. The second-order valence-electron chi connectivity index (χ2n) is 6.54. The Morgan fingerprint density at radius 3 is 2.81 bits per heavy atom. The van der Waals surface area contributed by atoms with Crippen LogP contribution in [0.15, 0.2) is 17.2 Å². The highest BCUT2D eigenvalue weighted by Gasteiger charge is 2.28. The molecule has 0 radical (unpaired) electrons. The van der Waals surface area contributed by atoms with Crippen molar-refractivity contribution in [3.63, 3.8) is 0 Å². The number of hydrogen-bond donors (Lipinski definition) is 2. The highest BCUT2D eigenvalue weighted by Crippen LogP contribution is 2.42. The highest BCUT2D eigenvalue weighted by atomic mass is 32.2. The second kappa shape index (κ2) is 7.64. The molecule has 1 unspecified atom stereocenters. The van der Waals surface area contributed by atoms with Gasteiger partial charge in [0.2, 0.25) is 16.9 Å². The lowest BCUT2D eigenvalue weighted by molar-refractivity contribution is -0.119.